The zero-order valence-electron chi connectivity index (χ0n) is 14.6. The first-order chi connectivity index (χ1) is 13.5. The quantitative estimate of drug-likeness (QED) is 0.656. The lowest BCUT2D eigenvalue weighted by atomic mass is 10.1. The number of hydrazine groups is 1. The molecule has 3 aromatic rings. The number of rotatable bonds is 3. The lowest BCUT2D eigenvalue weighted by Gasteiger charge is -2.09. The molecular weight excluding hydrogens is 386 g/mol. The van der Waals surface area contributed by atoms with Crippen LogP contribution >= 0.6 is 11.6 Å². The van der Waals surface area contributed by atoms with E-state index >= 15 is 0 Å². The van der Waals surface area contributed by atoms with Crippen LogP contribution < -0.4 is 20.3 Å². The van der Waals surface area contributed by atoms with E-state index in [1.807, 2.05) is 0 Å². The molecule has 9 heteroatoms. The van der Waals surface area contributed by atoms with Gasteiger partial charge in [-0.3, -0.25) is 20.4 Å². The second-order valence-electron chi connectivity index (χ2n) is 5.92. The van der Waals surface area contributed by atoms with Gasteiger partial charge in [0, 0.05) is 11.1 Å². The number of carbonyl (C=O) groups excluding carboxylic acids is 2. The van der Waals surface area contributed by atoms with Crippen molar-refractivity contribution in [1.29, 1.82) is 0 Å². The molecule has 0 radical (unpaired) electrons. The summed E-state index contributed by atoms with van der Waals surface area (Å²) < 4.78 is 15.6. The van der Waals surface area contributed by atoms with Crippen molar-refractivity contribution in [2.45, 2.75) is 6.92 Å². The van der Waals surface area contributed by atoms with Crippen molar-refractivity contribution in [2.75, 3.05) is 6.79 Å². The molecular formula is C19H14ClN3O5. The van der Waals surface area contributed by atoms with E-state index in [1.54, 1.807) is 43.3 Å². The topological polar surface area (TPSA) is 103 Å². The summed E-state index contributed by atoms with van der Waals surface area (Å²) in [6.07, 6.45) is 0. The molecule has 0 fully saturated rings. The maximum atomic E-state index is 12.6. The Kier molecular flexibility index (Phi) is 4.62. The van der Waals surface area contributed by atoms with Crippen LogP contribution in [0.1, 0.15) is 26.5 Å². The van der Waals surface area contributed by atoms with Gasteiger partial charge in [-0.2, -0.15) is 0 Å². The minimum atomic E-state index is -0.581. The number of nitrogens with one attached hydrogen (secondary N) is 2. The Morgan fingerprint density at radius 3 is 2.61 bits per heavy atom. The van der Waals surface area contributed by atoms with Crippen LogP contribution in [0.15, 0.2) is 47.0 Å². The van der Waals surface area contributed by atoms with E-state index in [9.17, 15) is 9.59 Å². The van der Waals surface area contributed by atoms with Crippen LogP contribution in [0.4, 0.5) is 0 Å². The van der Waals surface area contributed by atoms with E-state index in [4.69, 9.17) is 25.6 Å². The molecule has 2 N–H and O–H groups in total. The molecule has 1 aromatic heterocycles. The molecule has 0 saturated carbocycles. The van der Waals surface area contributed by atoms with Crippen molar-refractivity contribution in [1.82, 2.24) is 16.0 Å². The Morgan fingerprint density at radius 1 is 1.04 bits per heavy atom. The van der Waals surface area contributed by atoms with Gasteiger partial charge in [0.2, 0.25) is 6.79 Å². The number of hydrogen-bond donors (Lipinski definition) is 2. The largest absolute Gasteiger partial charge is 0.454 e. The third kappa shape index (κ3) is 3.25. The van der Waals surface area contributed by atoms with E-state index < -0.39 is 11.8 Å². The van der Waals surface area contributed by atoms with Gasteiger partial charge in [-0.25, -0.2) is 0 Å². The minimum Gasteiger partial charge on any atom is -0.454 e. The molecule has 0 atom stereocenters. The molecule has 28 heavy (non-hydrogen) atoms. The summed E-state index contributed by atoms with van der Waals surface area (Å²) in [7, 11) is 0. The van der Waals surface area contributed by atoms with Crippen molar-refractivity contribution in [3.63, 3.8) is 0 Å². The average Bonchev–Trinajstić information content (AvgIpc) is 3.32. The first-order valence-electron chi connectivity index (χ1n) is 8.26. The van der Waals surface area contributed by atoms with Crippen LogP contribution in [0.25, 0.3) is 11.3 Å². The van der Waals surface area contributed by atoms with Crippen LogP contribution in [-0.2, 0) is 0 Å². The lowest BCUT2D eigenvalue weighted by molar-refractivity contribution is 0.0846. The van der Waals surface area contributed by atoms with Crippen LogP contribution in [-0.4, -0.2) is 23.8 Å². The summed E-state index contributed by atoms with van der Waals surface area (Å²) >= 11 is 6.19. The Hall–Kier alpha value is -3.52. The standard InChI is InChI=1S/C19H14ClN3O5/c1-10-16(17(23-28-10)12-4-2-3-5-13(12)20)19(25)22-21-18(24)11-6-7-14-15(8-11)27-9-26-14/h2-8H,9H2,1H3,(H,21,24)(H,22,25). The molecule has 0 unspecified atom stereocenters. The fourth-order valence-electron chi connectivity index (χ4n) is 2.76. The van der Waals surface area contributed by atoms with Gasteiger partial charge in [0.1, 0.15) is 17.0 Å². The van der Waals surface area contributed by atoms with Gasteiger partial charge in [-0.05, 0) is 31.2 Å². The summed E-state index contributed by atoms with van der Waals surface area (Å²) in [5.74, 6) is 0.229. The average molecular weight is 400 g/mol. The lowest BCUT2D eigenvalue weighted by Crippen LogP contribution is -2.41. The number of nitrogens with zero attached hydrogens (tertiary/aromatic N) is 1. The fourth-order valence-corrected chi connectivity index (χ4v) is 2.99. The van der Waals surface area contributed by atoms with Gasteiger partial charge >= 0.3 is 0 Å². The molecule has 0 spiro atoms. The second-order valence-corrected chi connectivity index (χ2v) is 6.33. The zero-order valence-corrected chi connectivity index (χ0v) is 15.4. The summed E-state index contributed by atoms with van der Waals surface area (Å²) in [5, 5.41) is 4.35. The minimum absolute atomic E-state index is 0.106. The molecule has 1 aliphatic rings. The fraction of sp³-hybridized carbons (Fsp3) is 0.105. The number of halogens is 1. The number of amides is 2. The smallest absolute Gasteiger partial charge is 0.275 e. The summed E-state index contributed by atoms with van der Waals surface area (Å²) in [6, 6.07) is 11.7. The summed E-state index contributed by atoms with van der Waals surface area (Å²) in [5.41, 5.74) is 6.05. The second kappa shape index (κ2) is 7.24. The Labute approximate surface area is 164 Å². The van der Waals surface area contributed by atoms with Crippen molar-refractivity contribution < 1.29 is 23.6 Å². The van der Waals surface area contributed by atoms with Gasteiger partial charge < -0.3 is 14.0 Å². The van der Waals surface area contributed by atoms with Crippen molar-refractivity contribution in [3.8, 4) is 22.8 Å². The van der Waals surface area contributed by atoms with Crippen molar-refractivity contribution in [3.05, 3.63) is 64.4 Å². The highest BCUT2D eigenvalue weighted by Crippen LogP contribution is 2.33. The number of aryl methyl sites for hydroxylation is 1. The van der Waals surface area contributed by atoms with Gasteiger partial charge in [-0.1, -0.05) is 35.0 Å². The molecule has 142 valence electrons. The highest BCUT2D eigenvalue weighted by molar-refractivity contribution is 6.33. The molecule has 2 aromatic carbocycles. The number of fused-ring (bicyclic) bond motifs is 1. The first-order valence-corrected chi connectivity index (χ1v) is 8.64. The maximum absolute atomic E-state index is 12.6. The third-order valence-electron chi connectivity index (χ3n) is 4.14. The van der Waals surface area contributed by atoms with E-state index in [-0.39, 0.29) is 18.1 Å². The van der Waals surface area contributed by atoms with Crippen LogP contribution in [0.2, 0.25) is 5.02 Å². The van der Waals surface area contributed by atoms with E-state index in [1.165, 1.54) is 6.07 Å². The normalized spacial score (nSPS) is 11.9. The number of ether oxygens (including phenoxy) is 2. The van der Waals surface area contributed by atoms with Gasteiger partial charge in [0.15, 0.2) is 11.5 Å². The molecule has 8 nitrogen and oxygen atoms in total. The third-order valence-corrected chi connectivity index (χ3v) is 4.47. The van der Waals surface area contributed by atoms with Gasteiger partial charge in [0.25, 0.3) is 11.8 Å². The van der Waals surface area contributed by atoms with Crippen LogP contribution in [0.3, 0.4) is 0 Å². The molecule has 2 heterocycles. The first kappa shape index (κ1) is 17.9. The number of hydrogen-bond acceptors (Lipinski definition) is 6. The highest BCUT2D eigenvalue weighted by atomic mass is 35.5. The van der Waals surface area contributed by atoms with E-state index in [0.717, 1.165) is 0 Å². The predicted molar refractivity (Wildman–Crippen MR) is 99.2 cm³/mol. The Bertz CT molecular complexity index is 1080. The van der Waals surface area contributed by atoms with E-state index in [2.05, 4.69) is 16.0 Å². The summed E-state index contributed by atoms with van der Waals surface area (Å²) in [4.78, 5) is 25.0. The molecule has 0 bridgehead atoms. The van der Waals surface area contributed by atoms with Gasteiger partial charge in [-0.15, -0.1) is 0 Å². The predicted octanol–water partition coefficient (Wildman–Crippen LogP) is 3.11. The Morgan fingerprint density at radius 2 is 1.79 bits per heavy atom. The van der Waals surface area contributed by atoms with Crippen LogP contribution in [0, 0.1) is 6.92 Å². The maximum Gasteiger partial charge on any atom is 0.275 e. The molecule has 0 aliphatic carbocycles. The molecule has 1 aliphatic heterocycles. The number of carbonyl (C=O) groups is 2. The Balaban J connectivity index is 1.51. The van der Waals surface area contributed by atoms with Crippen molar-refractivity contribution in [2.24, 2.45) is 0 Å². The van der Waals surface area contributed by atoms with Gasteiger partial charge in [0.05, 0.1) is 5.02 Å². The molecule has 4 rings (SSSR count). The van der Waals surface area contributed by atoms with Crippen LogP contribution in [0.5, 0.6) is 11.5 Å². The molecule has 0 saturated heterocycles. The highest BCUT2D eigenvalue weighted by Gasteiger charge is 2.24. The monoisotopic (exact) mass is 399 g/mol. The van der Waals surface area contributed by atoms with E-state index in [0.29, 0.717) is 33.4 Å². The number of aromatic nitrogens is 1. The number of benzene rings is 2. The SMILES string of the molecule is Cc1onc(-c2ccccc2Cl)c1C(=O)NNC(=O)c1ccc2c(c1)OCO2. The summed E-state index contributed by atoms with van der Waals surface area (Å²) in [6.45, 7) is 1.71. The molecule has 2 amide bonds. The zero-order chi connectivity index (χ0) is 19.7. The van der Waals surface area contributed by atoms with Crippen molar-refractivity contribution >= 4 is 23.4 Å².